The Hall–Kier alpha value is -2.71. The Morgan fingerprint density at radius 3 is 2.34 bits per heavy atom. The Morgan fingerprint density at radius 1 is 0.906 bits per heavy atom. The second kappa shape index (κ2) is 9.83. The number of nitrogens with zero attached hydrogens (tertiary/aromatic N) is 2. The molecule has 32 heavy (non-hydrogen) atoms. The van der Waals surface area contributed by atoms with Crippen molar-refractivity contribution in [2.24, 2.45) is 0 Å². The summed E-state index contributed by atoms with van der Waals surface area (Å²) in [5, 5.41) is 2.86. The maximum Gasteiger partial charge on any atom is 0.251 e. The summed E-state index contributed by atoms with van der Waals surface area (Å²) in [6, 6.07) is 14.0. The lowest BCUT2D eigenvalue weighted by Crippen LogP contribution is -2.35. The summed E-state index contributed by atoms with van der Waals surface area (Å²) in [5.41, 5.74) is 2.26. The molecule has 0 bridgehead atoms. The van der Waals surface area contributed by atoms with Gasteiger partial charge in [-0.1, -0.05) is 30.7 Å². The number of carbonyl (C=O) groups is 2. The summed E-state index contributed by atoms with van der Waals surface area (Å²) in [5.74, 6) is -0.0468. The lowest BCUT2D eigenvalue weighted by Gasteiger charge is -2.26. The van der Waals surface area contributed by atoms with Crippen molar-refractivity contribution in [1.29, 1.82) is 0 Å². The number of benzene rings is 2. The first-order valence-electron chi connectivity index (χ1n) is 11.2. The van der Waals surface area contributed by atoms with Crippen LogP contribution in [0.4, 0.5) is 0 Å². The molecule has 170 valence electrons. The van der Waals surface area contributed by atoms with Crippen LogP contribution in [0.25, 0.3) is 0 Å². The SMILES string of the molecule is O=C(NCc1cccc(S(=O)(=O)N2CCCCC2)c1)c1ccc(CN2CCCC2=O)cc1. The van der Waals surface area contributed by atoms with E-state index in [1.54, 1.807) is 34.6 Å². The number of piperidine rings is 1. The molecule has 0 spiro atoms. The number of rotatable bonds is 7. The monoisotopic (exact) mass is 455 g/mol. The van der Waals surface area contributed by atoms with Crippen LogP contribution < -0.4 is 5.32 Å². The number of sulfonamides is 1. The minimum atomic E-state index is -3.50. The van der Waals surface area contributed by atoms with Gasteiger partial charge in [-0.3, -0.25) is 9.59 Å². The molecule has 8 heteroatoms. The van der Waals surface area contributed by atoms with Crippen LogP contribution in [-0.4, -0.2) is 49.1 Å². The van der Waals surface area contributed by atoms with Crippen LogP contribution in [0.2, 0.25) is 0 Å². The van der Waals surface area contributed by atoms with Crippen molar-refractivity contribution in [2.75, 3.05) is 19.6 Å². The van der Waals surface area contributed by atoms with Gasteiger partial charge < -0.3 is 10.2 Å². The summed E-state index contributed by atoms with van der Waals surface area (Å²) < 4.78 is 27.3. The van der Waals surface area contributed by atoms with Gasteiger partial charge >= 0.3 is 0 Å². The number of nitrogens with one attached hydrogen (secondary N) is 1. The normalized spacial score (nSPS) is 17.5. The Labute approximate surface area is 189 Å². The Bertz CT molecular complexity index is 1080. The largest absolute Gasteiger partial charge is 0.348 e. The van der Waals surface area contributed by atoms with Crippen LogP contribution in [0.1, 0.15) is 53.6 Å². The van der Waals surface area contributed by atoms with E-state index in [1.165, 1.54) is 0 Å². The fourth-order valence-corrected chi connectivity index (χ4v) is 5.80. The molecule has 0 radical (unpaired) electrons. The molecule has 0 aromatic heterocycles. The third-order valence-electron chi connectivity index (χ3n) is 6.07. The highest BCUT2D eigenvalue weighted by Crippen LogP contribution is 2.21. The first kappa shape index (κ1) is 22.5. The lowest BCUT2D eigenvalue weighted by atomic mass is 10.1. The molecule has 0 saturated carbocycles. The Balaban J connectivity index is 1.35. The molecule has 2 aromatic carbocycles. The first-order chi connectivity index (χ1) is 15.4. The number of hydrogen-bond donors (Lipinski definition) is 1. The van der Waals surface area contributed by atoms with E-state index in [9.17, 15) is 18.0 Å². The van der Waals surface area contributed by atoms with Gasteiger partial charge in [-0.15, -0.1) is 0 Å². The van der Waals surface area contributed by atoms with Gasteiger partial charge in [0.2, 0.25) is 15.9 Å². The molecule has 4 rings (SSSR count). The highest BCUT2D eigenvalue weighted by Gasteiger charge is 2.26. The van der Waals surface area contributed by atoms with Crippen LogP contribution in [0.15, 0.2) is 53.4 Å². The van der Waals surface area contributed by atoms with Crippen LogP contribution >= 0.6 is 0 Å². The average Bonchev–Trinajstić information content (AvgIpc) is 3.23. The van der Waals surface area contributed by atoms with Crippen molar-refractivity contribution in [3.63, 3.8) is 0 Å². The molecular weight excluding hydrogens is 426 g/mol. The fraction of sp³-hybridized carbons (Fsp3) is 0.417. The van der Waals surface area contributed by atoms with Crippen molar-refractivity contribution >= 4 is 21.8 Å². The molecule has 2 fully saturated rings. The van der Waals surface area contributed by atoms with E-state index >= 15 is 0 Å². The zero-order chi connectivity index (χ0) is 22.6. The minimum absolute atomic E-state index is 0.177. The van der Waals surface area contributed by atoms with Crippen molar-refractivity contribution in [3.8, 4) is 0 Å². The third-order valence-corrected chi connectivity index (χ3v) is 7.96. The number of carbonyl (C=O) groups excluding carboxylic acids is 2. The van der Waals surface area contributed by atoms with E-state index in [0.29, 0.717) is 31.6 Å². The molecule has 2 aliphatic heterocycles. The number of hydrogen-bond acceptors (Lipinski definition) is 4. The van der Waals surface area contributed by atoms with Gasteiger partial charge in [0.05, 0.1) is 4.90 Å². The maximum absolute atomic E-state index is 12.9. The lowest BCUT2D eigenvalue weighted by molar-refractivity contribution is -0.128. The average molecular weight is 456 g/mol. The van der Waals surface area contributed by atoms with Gasteiger partial charge in [0, 0.05) is 44.7 Å². The van der Waals surface area contributed by atoms with Gasteiger partial charge in [0.15, 0.2) is 0 Å². The predicted molar refractivity (Wildman–Crippen MR) is 121 cm³/mol. The van der Waals surface area contributed by atoms with Crippen molar-refractivity contribution in [3.05, 3.63) is 65.2 Å². The van der Waals surface area contributed by atoms with Gasteiger partial charge in [-0.25, -0.2) is 8.42 Å². The second-order valence-electron chi connectivity index (χ2n) is 8.41. The summed E-state index contributed by atoms with van der Waals surface area (Å²) in [6.45, 7) is 2.72. The van der Waals surface area contributed by atoms with E-state index in [4.69, 9.17) is 0 Å². The standard InChI is InChI=1S/C24H29N3O4S/c28-23-8-5-13-26(23)18-19-9-11-21(12-10-19)24(29)25-17-20-6-4-7-22(16-20)32(30,31)27-14-2-1-3-15-27/h4,6-7,9-12,16H,1-3,5,8,13-15,17-18H2,(H,25,29). The summed E-state index contributed by atoms with van der Waals surface area (Å²) in [4.78, 5) is 26.4. The van der Waals surface area contributed by atoms with E-state index in [2.05, 4.69) is 5.32 Å². The molecule has 2 amide bonds. The van der Waals surface area contributed by atoms with E-state index in [0.717, 1.165) is 43.4 Å². The van der Waals surface area contributed by atoms with Crippen LogP contribution in [-0.2, 0) is 27.9 Å². The summed E-state index contributed by atoms with van der Waals surface area (Å²) in [6.07, 6.45) is 4.36. The quantitative estimate of drug-likeness (QED) is 0.696. The fourth-order valence-electron chi connectivity index (χ4n) is 4.21. The number of amides is 2. The molecule has 2 saturated heterocycles. The van der Waals surface area contributed by atoms with Gasteiger partial charge in [-0.2, -0.15) is 4.31 Å². The summed E-state index contributed by atoms with van der Waals surface area (Å²) >= 11 is 0. The zero-order valence-electron chi connectivity index (χ0n) is 18.1. The third kappa shape index (κ3) is 5.19. The number of likely N-dealkylation sites (tertiary alicyclic amines) is 1. The summed E-state index contributed by atoms with van der Waals surface area (Å²) in [7, 11) is -3.50. The topological polar surface area (TPSA) is 86.8 Å². The van der Waals surface area contributed by atoms with Crippen LogP contribution in [0.5, 0.6) is 0 Å². The van der Waals surface area contributed by atoms with E-state index < -0.39 is 10.0 Å². The molecule has 0 unspecified atom stereocenters. The maximum atomic E-state index is 12.9. The molecule has 0 aliphatic carbocycles. The molecule has 0 atom stereocenters. The van der Waals surface area contributed by atoms with Gasteiger partial charge in [0.1, 0.15) is 0 Å². The van der Waals surface area contributed by atoms with Crippen molar-refractivity contribution < 1.29 is 18.0 Å². The molecule has 2 aromatic rings. The van der Waals surface area contributed by atoms with Gasteiger partial charge in [-0.05, 0) is 54.7 Å². The van der Waals surface area contributed by atoms with Crippen molar-refractivity contribution in [1.82, 2.24) is 14.5 Å². The van der Waals surface area contributed by atoms with E-state index in [-0.39, 0.29) is 23.3 Å². The van der Waals surface area contributed by atoms with Gasteiger partial charge in [0.25, 0.3) is 5.91 Å². The molecule has 1 N–H and O–H groups in total. The smallest absolute Gasteiger partial charge is 0.251 e. The first-order valence-corrected chi connectivity index (χ1v) is 12.6. The molecule has 2 aliphatic rings. The molecular formula is C24H29N3O4S. The van der Waals surface area contributed by atoms with Crippen LogP contribution in [0.3, 0.4) is 0 Å². The highest BCUT2D eigenvalue weighted by molar-refractivity contribution is 7.89. The Morgan fingerprint density at radius 2 is 1.66 bits per heavy atom. The molecule has 7 nitrogen and oxygen atoms in total. The molecule has 2 heterocycles. The van der Waals surface area contributed by atoms with Crippen LogP contribution in [0, 0.1) is 0 Å². The minimum Gasteiger partial charge on any atom is -0.348 e. The second-order valence-corrected chi connectivity index (χ2v) is 10.3. The van der Waals surface area contributed by atoms with E-state index in [1.807, 2.05) is 23.1 Å². The van der Waals surface area contributed by atoms with Crippen molar-refractivity contribution in [2.45, 2.75) is 50.1 Å². The predicted octanol–water partition coefficient (Wildman–Crippen LogP) is 2.91. The Kier molecular flexibility index (Phi) is 6.91. The highest BCUT2D eigenvalue weighted by atomic mass is 32.2. The zero-order valence-corrected chi connectivity index (χ0v) is 18.9.